The Kier molecular flexibility index (Phi) is 39.1. The molecule has 0 rings (SSSR count). The summed E-state index contributed by atoms with van der Waals surface area (Å²) in [4.78, 5) is 38.8. The first-order valence-corrected chi connectivity index (χ1v) is 4.57. The standard InChI is InChI=1S/C5H6O4.C4H10.CH3NO.2Y/c1-3(6)5(8)9-4(2)7;1-4(2)3;2-1-3;;/h1-2H3;4H,1-3H3;1H,(H2,2,3);;. The number of ketones is 1. The van der Waals surface area contributed by atoms with Gasteiger partial charge in [0.2, 0.25) is 12.2 Å². The maximum Gasteiger partial charge on any atom is 0.381 e. The van der Waals surface area contributed by atoms with E-state index in [1.165, 1.54) is 0 Å². The van der Waals surface area contributed by atoms with Gasteiger partial charge in [0.25, 0.3) is 0 Å². The predicted molar refractivity (Wildman–Crippen MR) is 58.2 cm³/mol. The number of primary amides is 1. The Morgan fingerprint density at radius 3 is 1.33 bits per heavy atom. The summed E-state index contributed by atoms with van der Waals surface area (Å²) in [6.45, 7) is 8.59. The molecule has 0 aromatic heterocycles. The molecule has 0 aliphatic rings. The number of rotatable bonds is 1. The number of hydrogen-bond acceptors (Lipinski definition) is 5. The van der Waals surface area contributed by atoms with Gasteiger partial charge in [0, 0.05) is 79.3 Å². The topological polar surface area (TPSA) is 104 Å². The Bertz CT molecular complexity index is 242. The first-order chi connectivity index (χ1) is 7.18. The van der Waals surface area contributed by atoms with Crippen LogP contribution in [0.15, 0.2) is 0 Å². The van der Waals surface area contributed by atoms with Crippen molar-refractivity contribution >= 4 is 24.1 Å². The molecule has 2 N–H and O–H groups in total. The van der Waals surface area contributed by atoms with E-state index >= 15 is 0 Å². The minimum absolute atomic E-state index is 0. The van der Waals surface area contributed by atoms with Crippen molar-refractivity contribution in [3.8, 4) is 0 Å². The average molecular weight is 411 g/mol. The molecule has 6 nitrogen and oxygen atoms in total. The molecule has 0 aromatic rings. The summed E-state index contributed by atoms with van der Waals surface area (Å²) in [5.74, 6) is -1.82. The number of esters is 2. The van der Waals surface area contributed by atoms with Gasteiger partial charge in [-0.05, 0) is 5.92 Å². The first kappa shape index (κ1) is 31.1. The molecule has 18 heavy (non-hydrogen) atoms. The molecule has 0 heterocycles. The van der Waals surface area contributed by atoms with Gasteiger partial charge in [-0.15, -0.1) is 0 Å². The van der Waals surface area contributed by atoms with Gasteiger partial charge >= 0.3 is 11.9 Å². The van der Waals surface area contributed by atoms with Crippen LogP contribution in [0.3, 0.4) is 0 Å². The van der Waals surface area contributed by atoms with Crippen molar-refractivity contribution in [2.24, 2.45) is 11.7 Å². The molecule has 1 amide bonds. The molecule has 0 atom stereocenters. The van der Waals surface area contributed by atoms with E-state index in [-0.39, 0.29) is 71.8 Å². The molecule has 8 heteroatoms. The zero-order valence-electron chi connectivity index (χ0n) is 11.4. The molecule has 0 aliphatic heterocycles. The van der Waals surface area contributed by atoms with E-state index in [2.05, 4.69) is 31.2 Å². The first-order valence-electron chi connectivity index (χ1n) is 4.57. The molecule has 0 spiro atoms. The van der Waals surface area contributed by atoms with Gasteiger partial charge in [-0.3, -0.25) is 14.4 Å². The van der Waals surface area contributed by atoms with E-state index in [4.69, 9.17) is 4.79 Å². The zero-order chi connectivity index (χ0) is 13.7. The summed E-state index contributed by atoms with van der Waals surface area (Å²) in [6.07, 6.45) is 0.250. The summed E-state index contributed by atoms with van der Waals surface area (Å²) >= 11 is 0. The van der Waals surface area contributed by atoms with Crippen LogP contribution in [0.2, 0.25) is 0 Å². The smallest absolute Gasteiger partial charge is 0.381 e. The van der Waals surface area contributed by atoms with Crippen molar-refractivity contribution in [3.05, 3.63) is 0 Å². The van der Waals surface area contributed by atoms with Gasteiger partial charge in [0.1, 0.15) is 0 Å². The zero-order valence-corrected chi connectivity index (χ0v) is 17.1. The summed E-state index contributed by atoms with van der Waals surface area (Å²) < 4.78 is 3.88. The third-order valence-corrected chi connectivity index (χ3v) is 0.524. The van der Waals surface area contributed by atoms with Gasteiger partial charge in [-0.2, -0.15) is 0 Å². The van der Waals surface area contributed by atoms with E-state index in [0.717, 1.165) is 19.8 Å². The molecule has 0 unspecified atom stereocenters. The van der Waals surface area contributed by atoms with Crippen molar-refractivity contribution in [2.45, 2.75) is 34.6 Å². The molecule has 100 valence electrons. The number of ether oxygens (including phenoxy) is 1. The molecular formula is C10H19NO5Y2. The van der Waals surface area contributed by atoms with Crippen LogP contribution in [-0.4, -0.2) is 24.1 Å². The molecule has 0 saturated carbocycles. The number of hydrogen-bond donors (Lipinski definition) is 1. The Morgan fingerprint density at radius 1 is 1.06 bits per heavy atom. The average Bonchev–Trinajstić information content (AvgIpc) is 2.02. The SMILES string of the molecule is CC(=O)OC(=O)C(C)=O.CC(C)C.NC=O.[Y].[Y]. The van der Waals surface area contributed by atoms with Crippen LogP contribution in [0.5, 0.6) is 0 Å². The summed E-state index contributed by atoms with van der Waals surface area (Å²) in [5, 5.41) is 0. The fraction of sp³-hybridized carbons (Fsp3) is 0.600. The Labute approximate surface area is 158 Å². The van der Waals surface area contributed by atoms with E-state index < -0.39 is 17.7 Å². The number of carbonyl (C=O) groups excluding carboxylic acids is 4. The predicted octanol–water partition coefficient (Wildman–Crippen LogP) is 0.424. The van der Waals surface area contributed by atoms with Gasteiger partial charge in [-0.1, -0.05) is 20.8 Å². The van der Waals surface area contributed by atoms with Crippen LogP contribution >= 0.6 is 0 Å². The normalized spacial score (nSPS) is 6.78. The van der Waals surface area contributed by atoms with Crippen LogP contribution < -0.4 is 5.73 Å². The van der Waals surface area contributed by atoms with Crippen LogP contribution in [0, 0.1) is 5.92 Å². The van der Waals surface area contributed by atoms with Gasteiger partial charge < -0.3 is 10.5 Å². The molecule has 0 bridgehead atoms. The Hall–Kier alpha value is 0.488. The van der Waals surface area contributed by atoms with Crippen LogP contribution in [0.25, 0.3) is 0 Å². The number of amides is 1. The molecule has 0 aliphatic carbocycles. The minimum Gasteiger partial charge on any atom is -0.387 e. The molecule has 0 fully saturated rings. The quantitative estimate of drug-likeness (QED) is 0.292. The van der Waals surface area contributed by atoms with Gasteiger partial charge in [0.05, 0.1) is 0 Å². The fourth-order valence-corrected chi connectivity index (χ4v) is 0.202. The molecule has 2 radical (unpaired) electrons. The van der Waals surface area contributed by atoms with Crippen molar-refractivity contribution < 1.29 is 89.3 Å². The van der Waals surface area contributed by atoms with Crippen LogP contribution in [0.4, 0.5) is 0 Å². The van der Waals surface area contributed by atoms with Crippen molar-refractivity contribution in [3.63, 3.8) is 0 Å². The van der Waals surface area contributed by atoms with E-state index in [0.29, 0.717) is 0 Å². The number of carbonyl (C=O) groups is 4. The monoisotopic (exact) mass is 411 g/mol. The van der Waals surface area contributed by atoms with Crippen molar-refractivity contribution in [1.82, 2.24) is 0 Å². The second-order valence-electron chi connectivity index (χ2n) is 3.31. The molecule has 0 aromatic carbocycles. The van der Waals surface area contributed by atoms with Gasteiger partial charge in [-0.25, -0.2) is 4.79 Å². The minimum atomic E-state index is -1.11. The Morgan fingerprint density at radius 2 is 1.28 bits per heavy atom. The summed E-state index contributed by atoms with van der Waals surface area (Å²) in [6, 6.07) is 0. The number of Topliss-reactive ketones (excluding diaryl/α,β-unsaturated/α-hetero) is 1. The van der Waals surface area contributed by atoms with Crippen LogP contribution in [0.1, 0.15) is 34.6 Å². The third kappa shape index (κ3) is 54.9. The molecule has 0 saturated heterocycles. The fourth-order valence-electron chi connectivity index (χ4n) is 0.202. The summed E-state index contributed by atoms with van der Waals surface area (Å²) in [5.41, 5.74) is 4.17. The summed E-state index contributed by atoms with van der Waals surface area (Å²) in [7, 11) is 0. The van der Waals surface area contributed by atoms with Crippen molar-refractivity contribution in [2.75, 3.05) is 0 Å². The van der Waals surface area contributed by atoms with E-state index in [1.54, 1.807) is 0 Å². The van der Waals surface area contributed by atoms with Crippen LogP contribution in [-0.2, 0) is 89.3 Å². The maximum atomic E-state index is 10.2. The van der Waals surface area contributed by atoms with Gasteiger partial charge in [0.15, 0.2) is 0 Å². The second-order valence-corrected chi connectivity index (χ2v) is 3.31. The molecular weight excluding hydrogens is 392 g/mol. The van der Waals surface area contributed by atoms with E-state index in [9.17, 15) is 14.4 Å². The second kappa shape index (κ2) is 22.6. The maximum absolute atomic E-state index is 10.2. The Balaban J connectivity index is -0.0000000536. The van der Waals surface area contributed by atoms with E-state index in [1.807, 2.05) is 0 Å². The van der Waals surface area contributed by atoms with Crippen molar-refractivity contribution in [1.29, 1.82) is 0 Å². The number of nitrogens with two attached hydrogens (primary N) is 1. The largest absolute Gasteiger partial charge is 0.387 e. The third-order valence-electron chi connectivity index (χ3n) is 0.524.